The van der Waals surface area contributed by atoms with Gasteiger partial charge in [0.2, 0.25) is 5.89 Å². The van der Waals surface area contributed by atoms with E-state index in [2.05, 4.69) is 10.3 Å². The lowest BCUT2D eigenvalue weighted by atomic mass is 10.0. The first-order valence-corrected chi connectivity index (χ1v) is 14.9. The summed E-state index contributed by atoms with van der Waals surface area (Å²) in [5, 5.41) is 14.2. The molecule has 3 aromatic carbocycles. The number of rotatable bonds is 11. The topological polar surface area (TPSA) is 105 Å². The van der Waals surface area contributed by atoms with E-state index in [4.69, 9.17) is 9.15 Å². The number of thioether (sulfide) groups is 1. The zero-order valence-corrected chi connectivity index (χ0v) is 24.5. The van der Waals surface area contributed by atoms with Gasteiger partial charge in [-0.25, -0.2) is 19.5 Å². The third-order valence-electron chi connectivity index (χ3n) is 6.27. The Hall–Kier alpha value is -3.82. The van der Waals surface area contributed by atoms with Gasteiger partial charge in [0.1, 0.15) is 11.1 Å². The average Bonchev–Trinajstić information content (AvgIpc) is 3.39. The van der Waals surface area contributed by atoms with Crippen LogP contribution in [0.1, 0.15) is 50.3 Å². The van der Waals surface area contributed by atoms with Crippen LogP contribution in [0.4, 0.5) is 9.59 Å². The fraction of sp³-hybridized carbons (Fsp3) is 0.344. The van der Waals surface area contributed by atoms with E-state index in [1.165, 1.54) is 0 Å². The SMILES string of the molecule is CC(C)(C)OC(=O)N(CCSCc1ccccc1)C(=O)N[C@@H](CCc1ccccc1)C(O)c1nc2ccccc2o1. The Morgan fingerprint density at radius 1 is 0.976 bits per heavy atom. The number of benzene rings is 3. The first kappa shape index (κ1) is 30.1. The number of nitrogens with zero attached hydrogens (tertiary/aromatic N) is 2. The molecule has 0 fully saturated rings. The quantitative estimate of drug-likeness (QED) is 0.191. The maximum absolute atomic E-state index is 13.6. The number of carbonyl (C=O) groups is 2. The second kappa shape index (κ2) is 14.2. The zero-order chi connectivity index (χ0) is 29.2. The lowest BCUT2D eigenvalue weighted by Crippen LogP contribution is -2.51. The normalized spacial score (nSPS) is 13.0. The van der Waals surface area contributed by atoms with Crippen molar-refractivity contribution in [3.05, 3.63) is 102 Å². The van der Waals surface area contributed by atoms with Crippen LogP contribution in [0, 0.1) is 0 Å². The molecule has 2 N–H and O–H groups in total. The Kier molecular flexibility index (Phi) is 10.4. The highest BCUT2D eigenvalue weighted by molar-refractivity contribution is 7.98. The number of nitrogens with one attached hydrogen (secondary N) is 1. The van der Waals surface area contributed by atoms with Gasteiger partial charge in [0.25, 0.3) is 0 Å². The first-order valence-electron chi connectivity index (χ1n) is 13.7. The molecule has 41 heavy (non-hydrogen) atoms. The van der Waals surface area contributed by atoms with Gasteiger partial charge in [-0.15, -0.1) is 0 Å². The number of aliphatic hydroxyl groups is 1. The van der Waals surface area contributed by atoms with Gasteiger partial charge in [-0.3, -0.25) is 0 Å². The number of urea groups is 1. The Morgan fingerprint density at radius 2 is 1.61 bits per heavy atom. The molecule has 0 radical (unpaired) electrons. The number of aliphatic hydroxyl groups excluding tert-OH is 1. The van der Waals surface area contributed by atoms with Gasteiger partial charge in [0, 0.05) is 18.1 Å². The lowest BCUT2D eigenvalue weighted by Gasteiger charge is -2.29. The van der Waals surface area contributed by atoms with E-state index in [1.807, 2.05) is 72.8 Å². The van der Waals surface area contributed by atoms with E-state index in [-0.39, 0.29) is 12.4 Å². The standard InChI is InChI=1S/C32H37N3O5S/c1-32(2,3)40-31(38)35(20-21-41-22-24-14-8-5-9-15-24)30(37)34-26(19-18-23-12-6-4-7-13-23)28(36)29-33-25-16-10-11-17-27(25)39-29/h4-17,26,28,36H,18-22H2,1-3H3,(H,34,37)/t26-,28?/m0/s1. The van der Waals surface area contributed by atoms with E-state index < -0.39 is 29.9 Å². The van der Waals surface area contributed by atoms with Gasteiger partial charge < -0.3 is 19.6 Å². The number of aryl methyl sites for hydroxylation is 1. The van der Waals surface area contributed by atoms with Crippen LogP contribution in [0.3, 0.4) is 0 Å². The zero-order valence-electron chi connectivity index (χ0n) is 23.7. The van der Waals surface area contributed by atoms with Crippen LogP contribution < -0.4 is 5.32 Å². The smallest absolute Gasteiger partial charge is 0.418 e. The van der Waals surface area contributed by atoms with Gasteiger partial charge in [-0.2, -0.15) is 11.8 Å². The van der Waals surface area contributed by atoms with Crippen molar-refractivity contribution in [3.8, 4) is 0 Å². The van der Waals surface area contributed by atoms with E-state index in [1.54, 1.807) is 44.7 Å². The molecule has 0 saturated heterocycles. The molecule has 9 heteroatoms. The molecule has 1 heterocycles. The molecular weight excluding hydrogens is 538 g/mol. The van der Waals surface area contributed by atoms with Crippen LogP contribution in [0.2, 0.25) is 0 Å². The summed E-state index contributed by atoms with van der Waals surface area (Å²) in [4.78, 5) is 32.2. The van der Waals surface area contributed by atoms with Gasteiger partial charge in [-0.1, -0.05) is 72.8 Å². The Labute approximate surface area is 245 Å². The summed E-state index contributed by atoms with van der Waals surface area (Å²) in [5.74, 6) is 1.37. The summed E-state index contributed by atoms with van der Waals surface area (Å²) < 4.78 is 11.4. The second-order valence-corrected chi connectivity index (χ2v) is 11.8. The van der Waals surface area contributed by atoms with Crippen molar-refractivity contribution in [3.63, 3.8) is 0 Å². The fourth-order valence-corrected chi connectivity index (χ4v) is 5.10. The number of carbonyl (C=O) groups excluding carboxylic acids is 2. The molecule has 1 aromatic heterocycles. The van der Waals surface area contributed by atoms with Gasteiger partial charge in [0.05, 0.1) is 6.04 Å². The van der Waals surface area contributed by atoms with Crippen molar-refractivity contribution in [1.82, 2.24) is 15.2 Å². The first-order chi connectivity index (χ1) is 19.7. The van der Waals surface area contributed by atoms with Crippen molar-refractivity contribution in [2.45, 2.75) is 57.1 Å². The lowest BCUT2D eigenvalue weighted by molar-refractivity contribution is 0.0315. The fourth-order valence-electron chi connectivity index (χ4n) is 4.21. The van der Waals surface area contributed by atoms with Crippen molar-refractivity contribution in [1.29, 1.82) is 0 Å². The minimum atomic E-state index is -1.23. The third-order valence-corrected chi connectivity index (χ3v) is 7.28. The van der Waals surface area contributed by atoms with E-state index in [0.29, 0.717) is 29.7 Å². The van der Waals surface area contributed by atoms with Crippen LogP contribution in [-0.2, 0) is 16.9 Å². The highest BCUT2D eigenvalue weighted by atomic mass is 32.2. The number of hydrogen-bond acceptors (Lipinski definition) is 7. The average molecular weight is 576 g/mol. The summed E-state index contributed by atoms with van der Waals surface area (Å²) in [7, 11) is 0. The molecule has 4 rings (SSSR count). The molecule has 0 aliphatic rings. The molecule has 216 valence electrons. The number of hydrogen-bond donors (Lipinski definition) is 2. The maximum Gasteiger partial charge on any atom is 0.418 e. The molecule has 2 atom stereocenters. The summed E-state index contributed by atoms with van der Waals surface area (Å²) in [5.41, 5.74) is 2.59. The monoisotopic (exact) mass is 575 g/mol. The minimum Gasteiger partial charge on any atom is -0.443 e. The molecule has 0 aliphatic carbocycles. The van der Waals surface area contributed by atoms with Crippen molar-refractivity contribution in [2.24, 2.45) is 0 Å². The Morgan fingerprint density at radius 3 is 2.27 bits per heavy atom. The highest BCUT2D eigenvalue weighted by Crippen LogP contribution is 2.25. The maximum atomic E-state index is 13.6. The number of aromatic nitrogens is 1. The van der Waals surface area contributed by atoms with Crippen LogP contribution in [0.25, 0.3) is 11.1 Å². The predicted molar refractivity (Wildman–Crippen MR) is 162 cm³/mol. The van der Waals surface area contributed by atoms with E-state index in [0.717, 1.165) is 21.8 Å². The third kappa shape index (κ3) is 9.09. The minimum absolute atomic E-state index is 0.104. The summed E-state index contributed by atoms with van der Waals surface area (Å²) in [6.07, 6.45) is -1.00. The highest BCUT2D eigenvalue weighted by Gasteiger charge is 2.32. The van der Waals surface area contributed by atoms with Crippen molar-refractivity contribution < 1.29 is 23.8 Å². The number of oxazole rings is 1. The molecule has 3 amide bonds. The number of para-hydroxylation sites is 2. The molecule has 0 bridgehead atoms. The van der Waals surface area contributed by atoms with Gasteiger partial charge >= 0.3 is 12.1 Å². The van der Waals surface area contributed by atoms with E-state index in [9.17, 15) is 14.7 Å². The molecule has 8 nitrogen and oxygen atoms in total. The van der Waals surface area contributed by atoms with Crippen molar-refractivity contribution in [2.75, 3.05) is 12.3 Å². The van der Waals surface area contributed by atoms with Gasteiger partial charge in [-0.05, 0) is 56.9 Å². The Balaban J connectivity index is 1.50. The molecular formula is C32H37N3O5S. The summed E-state index contributed by atoms with van der Waals surface area (Å²) >= 11 is 1.62. The van der Waals surface area contributed by atoms with Crippen LogP contribution in [-0.4, -0.2) is 51.1 Å². The molecule has 0 spiro atoms. The summed E-state index contributed by atoms with van der Waals surface area (Å²) in [6, 6.07) is 25.6. The van der Waals surface area contributed by atoms with Gasteiger partial charge in [0.15, 0.2) is 11.7 Å². The largest absolute Gasteiger partial charge is 0.443 e. The number of amides is 3. The van der Waals surface area contributed by atoms with E-state index >= 15 is 0 Å². The molecule has 0 aliphatic heterocycles. The molecule has 0 saturated carbocycles. The summed E-state index contributed by atoms with van der Waals surface area (Å²) in [6.45, 7) is 5.41. The Bertz CT molecular complexity index is 1370. The van der Waals surface area contributed by atoms with Crippen molar-refractivity contribution >= 4 is 35.0 Å². The van der Waals surface area contributed by atoms with Crippen LogP contribution in [0.15, 0.2) is 89.3 Å². The number of ether oxygens (including phenoxy) is 1. The number of fused-ring (bicyclic) bond motifs is 1. The van der Waals surface area contributed by atoms with Crippen LogP contribution in [0.5, 0.6) is 0 Å². The second-order valence-electron chi connectivity index (χ2n) is 10.7. The van der Waals surface area contributed by atoms with Crippen LogP contribution >= 0.6 is 11.8 Å². The molecule has 1 unspecified atom stereocenters. The number of imide groups is 1. The molecule has 4 aromatic rings. The predicted octanol–water partition coefficient (Wildman–Crippen LogP) is 6.74.